The van der Waals surface area contributed by atoms with Crippen molar-refractivity contribution in [3.63, 3.8) is 0 Å². The molecule has 1 aliphatic carbocycles. The summed E-state index contributed by atoms with van der Waals surface area (Å²) < 4.78 is 57.9. The second-order valence-corrected chi connectivity index (χ2v) is 3.16. The first-order valence-electron chi connectivity index (χ1n) is 5.06. The number of alkyl halides is 1. The molecule has 0 aliphatic heterocycles. The fraction of sp³-hybridized carbons (Fsp3) is 0.467. The Kier molecular flexibility index (Phi) is 139. The molecule has 9 heteroatoms. The predicted molar refractivity (Wildman–Crippen MR) is 63.8 cm³/mol. The molecule has 134 valence electrons. The van der Waals surface area contributed by atoms with E-state index in [2.05, 4.69) is 51.7 Å². The van der Waals surface area contributed by atoms with Crippen LogP contribution in [0.2, 0.25) is 0 Å². The zero-order valence-corrected chi connectivity index (χ0v) is 14.7. The topological polar surface area (TPSA) is 119 Å². The van der Waals surface area contributed by atoms with E-state index in [9.17, 15) is 4.39 Å². The normalized spacial score (nSPS) is 14.8. The molecule has 0 saturated carbocycles. The molecule has 0 unspecified atom stereocenters. The van der Waals surface area contributed by atoms with Crippen molar-refractivity contribution in [1.82, 2.24) is 0 Å². The first-order chi connectivity index (χ1) is 10.7. The molecule has 0 aromatic rings. The van der Waals surface area contributed by atoms with Crippen LogP contribution in [0.4, 0.5) is 4.39 Å². The Morgan fingerprint density at radius 2 is 0.792 bits per heavy atom. The van der Waals surface area contributed by atoms with Crippen LogP contribution in [0.3, 0.4) is 0 Å². The summed E-state index contributed by atoms with van der Waals surface area (Å²) in [4.78, 5) is 0. The van der Waals surface area contributed by atoms with Crippen LogP contribution in [0.25, 0.3) is 0 Å². The van der Waals surface area contributed by atoms with Crippen molar-refractivity contribution in [2.24, 2.45) is 11.8 Å². The molecule has 2 radical (unpaired) electrons. The Morgan fingerprint density at radius 3 is 0.958 bits per heavy atom. The van der Waals surface area contributed by atoms with Gasteiger partial charge in [0.25, 0.3) is 0 Å². The van der Waals surface area contributed by atoms with Gasteiger partial charge in [0.2, 0.25) is 0 Å². The van der Waals surface area contributed by atoms with E-state index >= 15 is 0 Å². The Hall–Kier alpha value is -1.06. The van der Waals surface area contributed by atoms with Crippen LogP contribution in [0.15, 0.2) is 0 Å². The molecule has 0 spiro atoms. The second kappa shape index (κ2) is 67.5. The standard InChI is InChI=1S/C9H13F.6CO.2Co/c1-7-3-4-8(2)6-9(10)5-7;6*1-2;;/h7-9H,5-6H2,1-2H3;;;;;;;;/t7-,8-;;;;;;;;/m1......../s1. The molecule has 6 nitrogen and oxygen atoms in total. The maximum absolute atomic E-state index is 12.9. The Labute approximate surface area is 162 Å². The van der Waals surface area contributed by atoms with Gasteiger partial charge in [-0.05, 0) is 12.8 Å². The molecule has 24 heavy (non-hydrogen) atoms. The number of hydrogen-bond donors (Lipinski definition) is 0. The zero-order valence-electron chi connectivity index (χ0n) is 12.6. The van der Waals surface area contributed by atoms with Crippen LogP contribution in [-0.4, -0.2) is 6.17 Å². The van der Waals surface area contributed by atoms with Crippen LogP contribution >= 0.6 is 0 Å². The predicted octanol–water partition coefficient (Wildman–Crippen LogP) is 2.16. The van der Waals surface area contributed by atoms with E-state index < -0.39 is 6.17 Å². The average Bonchev–Trinajstić information content (AvgIpc) is 2.78. The third-order valence-electron chi connectivity index (χ3n) is 1.79. The van der Waals surface area contributed by atoms with E-state index in [-0.39, 0.29) is 45.4 Å². The van der Waals surface area contributed by atoms with E-state index in [1.54, 1.807) is 0 Å². The Balaban J connectivity index is -0.0000000263. The smallest absolute Gasteiger partial charge is 0 e. The average molecular weight is 426 g/mol. The minimum atomic E-state index is -0.646. The fourth-order valence-corrected chi connectivity index (χ4v) is 1.27. The molecule has 0 fully saturated rings. The molecule has 1 rings (SSSR count). The summed E-state index contributed by atoms with van der Waals surface area (Å²) in [6.07, 6.45) is 0.599. The minimum absolute atomic E-state index is 0. The molecular formula is C15H13Co2FO6. The molecule has 0 aromatic heterocycles. The first-order valence-corrected chi connectivity index (χ1v) is 5.06. The molecule has 0 bridgehead atoms. The zero-order chi connectivity index (χ0) is 19.6. The Bertz CT molecular complexity index is 327. The van der Waals surface area contributed by atoms with Gasteiger partial charge in [0.1, 0.15) is 6.17 Å². The van der Waals surface area contributed by atoms with E-state index in [0.717, 1.165) is 0 Å². The molecular weight excluding hydrogens is 413 g/mol. The molecule has 0 aromatic carbocycles. The van der Waals surface area contributed by atoms with E-state index in [1.807, 2.05) is 13.8 Å². The van der Waals surface area contributed by atoms with Crippen molar-refractivity contribution in [1.29, 1.82) is 0 Å². The summed E-state index contributed by atoms with van der Waals surface area (Å²) >= 11 is 0. The molecule has 0 amide bonds. The van der Waals surface area contributed by atoms with Gasteiger partial charge >= 0.3 is 67.8 Å². The van der Waals surface area contributed by atoms with Crippen molar-refractivity contribution in [2.45, 2.75) is 32.9 Å². The van der Waals surface area contributed by atoms with Gasteiger partial charge in [-0.15, -0.1) is 0 Å². The minimum Gasteiger partial charge on any atom is 0 e. The van der Waals surface area contributed by atoms with Gasteiger partial charge in [0.15, 0.2) is 0 Å². The first kappa shape index (κ1) is 49.5. The van der Waals surface area contributed by atoms with Gasteiger partial charge < -0.3 is 0 Å². The fourth-order valence-electron chi connectivity index (χ4n) is 1.27. The van der Waals surface area contributed by atoms with Gasteiger partial charge in [-0.3, -0.25) is 0 Å². The molecule has 0 N–H and O–H groups in total. The largest absolute Gasteiger partial charge is 0 e. The summed E-state index contributed by atoms with van der Waals surface area (Å²) in [5, 5.41) is 0. The van der Waals surface area contributed by atoms with Crippen LogP contribution in [0, 0.1) is 63.6 Å². The van der Waals surface area contributed by atoms with Crippen molar-refractivity contribution < 1.29 is 65.9 Å². The van der Waals surface area contributed by atoms with Crippen LogP contribution < -0.4 is 0 Å². The van der Waals surface area contributed by atoms with Crippen LogP contribution in [0.5, 0.6) is 0 Å². The van der Waals surface area contributed by atoms with Gasteiger partial charge in [-0.1, -0.05) is 25.7 Å². The summed E-state index contributed by atoms with van der Waals surface area (Å²) in [7, 11) is 0. The molecule has 0 heterocycles. The quantitative estimate of drug-likeness (QED) is 0.321. The van der Waals surface area contributed by atoms with Crippen molar-refractivity contribution in [3.05, 3.63) is 39.9 Å². The third-order valence-corrected chi connectivity index (χ3v) is 1.79. The van der Waals surface area contributed by atoms with E-state index in [4.69, 9.17) is 27.9 Å². The van der Waals surface area contributed by atoms with Crippen LogP contribution in [-0.2, 0) is 61.5 Å². The van der Waals surface area contributed by atoms with Gasteiger partial charge in [0.05, 0.1) is 0 Å². The van der Waals surface area contributed by atoms with E-state index in [1.165, 1.54) is 0 Å². The summed E-state index contributed by atoms with van der Waals surface area (Å²) in [5.41, 5.74) is 0. The number of rotatable bonds is 0. The monoisotopic (exact) mass is 426 g/mol. The van der Waals surface area contributed by atoms with Crippen molar-refractivity contribution >= 4 is 0 Å². The van der Waals surface area contributed by atoms with Gasteiger partial charge in [-0.25, -0.2) is 4.39 Å². The van der Waals surface area contributed by atoms with Gasteiger partial charge in [-0.2, -0.15) is 0 Å². The maximum atomic E-state index is 12.9. The van der Waals surface area contributed by atoms with Crippen molar-refractivity contribution in [2.75, 3.05) is 0 Å². The summed E-state index contributed by atoms with van der Waals surface area (Å²) in [6.45, 7) is 31.0. The maximum Gasteiger partial charge on any atom is 0 e. The van der Waals surface area contributed by atoms with E-state index in [0.29, 0.717) is 12.8 Å². The summed E-state index contributed by atoms with van der Waals surface area (Å²) in [6, 6.07) is 0. The second-order valence-electron chi connectivity index (χ2n) is 3.16. The SMILES string of the molecule is C[C@@H]1C#C[C@@H](C)CC(F)C1.[C-]#[O+].[C-]#[O+].[C-]#[O+].[C-]#[O+].[C-]#[O+].[C-]#[O+].[Co].[Co]. The van der Waals surface area contributed by atoms with Crippen LogP contribution in [0.1, 0.15) is 26.7 Å². The molecule has 2 atom stereocenters. The van der Waals surface area contributed by atoms with Crippen molar-refractivity contribution in [3.8, 4) is 11.8 Å². The number of hydrogen-bond acceptors (Lipinski definition) is 0. The Morgan fingerprint density at radius 1 is 0.625 bits per heavy atom. The number of halogens is 1. The molecule has 1 aliphatic rings. The van der Waals surface area contributed by atoms with Gasteiger partial charge in [0, 0.05) is 45.4 Å². The summed E-state index contributed by atoms with van der Waals surface area (Å²) in [5.74, 6) is 6.57. The third kappa shape index (κ3) is 58.4. The molecule has 0 saturated heterocycles.